The normalized spacial score (nSPS) is 29.2. The molecule has 1 saturated heterocycles. The molecule has 1 aliphatic rings. The van der Waals surface area contributed by atoms with Gasteiger partial charge in [-0.3, -0.25) is 4.79 Å². The molecule has 4 unspecified atom stereocenters. The number of rotatable bonds is 5. The van der Waals surface area contributed by atoms with E-state index in [2.05, 4.69) is 44.8 Å². The van der Waals surface area contributed by atoms with E-state index in [-0.39, 0.29) is 29.9 Å². The predicted molar refractivity (Wildman–Crippen MR) is 80.7 cm³/mol. The summed E-state index contributed by atoms with van der Waals surface area (Å²) >= 11 is 1.22. The number of nitrogens with zero attached hydrogens (tertiary/aromatic N) is 3. The van der Waals surface area contributed by atoms with Gasteiger partial charge in [-0.15, -0.1) is 10.2 Å². The molecule has 118 valence electrons. The molecule has 21 heavy (non-hydrogen) atoms. The van der Waals surface area contributed by atoms with Gasteiger partial charge in [0.15, 0.2) is 5.16 Å². The van der Waals surface area contributed by atoms with Gasteiger partial charge >= 0.3 is 5.97 Å². The van der Waals surface area contributed by atoms with Crippen molar-refractivity contribution >= 4 is 17.7 Å². The Morgan fingerprint density at radius 2 is 2.00 bits per heavy atom. The van der Waals surface area contributed by atoms with Gasteiger partial charge in [0.05, 0.1) is 23.9 Å². The van der Waals surface area contributed by atoms with Crippen molar-refractivity contribution in [1.82, 2.24) is 14.8 Å². The molecule has 1 fully saturated rings. The van der Waals surface area contributed by atoms with E-state index in [1.807, 2.05) is 4.57 Å². The number of hydrogen-bond donors (Lipinski definition) is 1. The van der Waals surface area contributed by atoms with Crippen LogP contribution in [0.2, 0.25) is 0 Å². The molecule has 2 rings (SSSR count). The third-order valence-corrected chi connectivity index (χ3v) is 5.00. The summed E-state index contributed by atoms with van der Waals surface area (Å²) in [6.45, 7) is 10.4. The minimum atomic E-state index is -0.848. The molecule has 0 bridgehead atoms. The summed E-state index contributed by atoms with van der Waals surface area (Å²) in [5.41, 5.74) is 0. The van der Waals surface area contributed by atoms with Crippen molar-refractivity contribution in [3.63, 3.8) is 0 Å². The molecule has 0 radical (unpaired) electrons. The predicted octanol–water partition coefficient (Wildman–Crippen LogP) is 2.56. The summed E-state index contributed by atoms with van der Waals surface area (Å²) in [5.74, 6) is 0.600. The van der Waals surface area contributed by atoms with Gasteiger partial charge in [-0.25, -0.2) is 0 Å². The van der Waals surface area contributed by atoms with Crippen LogP contribution in [0.25, 0.3) is 0 Å². The number of hydrogen-bond acceptors (Lipinski definition) is 5. The van der Waals surface area contributed by atoms with Crippen molar-refractivity contribution < 1.29 is 14.6 Å². The number of carboxylic acid groups (broad SMARTS) is 1. The zero-order valence-electron chi connectivity index (χ0n) is 13.1. The Bertz CT molecular complexity index is 518. The van der Waals surface area contributed by atoms with E-state index in [0.29, 0.717) is 11.1 Å². The first-order valence-corrected chi connectivity index (χ1v) is 8.26. The fourth-order valence-electron chi connectivity index (χ4n) is 2.94. The van der Waals surface area contributed by atoms with Crippen molar-refractivity contribution in [3.05, 3.63) is 5.82 Å². The first kappa shape index (κ1) is 16.3. The second kappa shape index (κ2) is 6.36. The average Bonchev–Trinajstić information content (AvgIpc) is 2.89. The van der Waals surface area contributed by atoms with E-state index >= 15 is 0 Å². The quantitative estimate of drug-likeness (QED) is 0.842. The van der Waals surface area contributed by atoms with Crippen LogP contribution in [0.3, 0.4) is 0 Å². The summed E-state index contributed by atoms with van der Waals surface area (Å²) in [5, 5.41) is 18.1. The number of aromatic nitrogens is 3. The third kappa shape index (κ3) is 3.23. The van der Waals surface area contributed by atoms with E-state index < -0.39 is 5.97 Å². The summed E-state index contributed by atoms with van der Waals surface area (Å²) in [7, 11) is 0. The van der Waals surface area contributed by atoms with E-state index in [1.165, 1.54) is 11.8 Å². The monoisotopic (exact) mass is 313 g/mol. The second-order valence-corrected chi connectivity index (χ2v) is 6.86. The van der Waals surface area contributed by atoms with Crippen LogP contribution in [0, 0.1) is 5.92 Å². The molecule has 0 aromatic carbocycles. The Labute approximate surface area is 129 Å². The third-order valence-electron chi connectivity index (χ3n) is 4.07. The fourth-order valence-corrected chi connectivity index (χ4v) is 3.73. The minimum Gasteiger partial charge on any atom is -0.481 e. The molecule has 1 aromatic rings. The fraction of sp³-hybridized carbons (Fsp3) is 0.786. The number of ether oxygens (including phenoxy) is 1. The zero-order chi connectivity index (χ0) is 15.7. The van der Waals surface area contributed by atoms with Gasteiger partial charge < -0.3 is 14.4 Å². The van der Waals surface area contributed by atoms with Gasteiger partial charge in [-0.1, -0.05) is 18.7 Å². The molecule has 0 amide bonds. The van der Waals surface area contributed by atoms with Gasteiger partial charge in [-0.2, -0.15) is 0 Å². The van der Waals surface area contributed by atoms with Crippen LogP contribution in [-0.4, -0.2) is 43.8 Å². The molecule has 0 spiro atoms. The molecule has 7 heteroatoms. The highest BCUT2D eigenvalue weighted by atomic mass is 32.2. The minimum absolute atomic E-state index is 0.00642. The molecule has 2 heterocycles. The molecule has 1 aliphatic heterocycles. The highest BCUT2D eigenvalue weighted by molar-refractivity contribution is 7.99. The lowest BCUT2D eigenvalue weighted by atomic mass is 9.88. The lowest BCUT2D eigenvalue weighted by molar-refractivity contribution is -0.133. The largest absolute Gasteiger partial charge is 0.481 e. The van der Waals surface area contributed by atoms with Crippen molar-refractivity contribution in [2.45, 2.75) is 63.9 Å². The Balaban J connectivity index is 2.33. The number of aliphatic carboxylic acids is 1. The maximum absolute atomic E-state index is 10.8. The SMILES string of the molecule is CC1OC(C)C(c2nnc(SCC(=O)O)n2C(C)C)C1C. The zero-order valence-corrected chi connectivity index (χ0v) is 13.9. The van der Waals surface area contributed by atoms with Crippen LogP contribution in [0.1, 0.15) is 52.4 Å². The van der Waals surface area contributed by atoms with Crippen molar-refractivity contribution in [3.8, 4) is 0 Å². The van der Waals surface area contributed by atoms with Gasteiger partial charge in [0.25, 0.3) is 0 Å². The Morgan fingerprint density at radius 3 is 2.48 bits per heavy atom. The molecular formula is C14H23N3O3S. The molecule has 6 nitrogen and oxygen atoms in total. The van der Waals surface area contributed by atoms with Crippen LogP contribution in [-0.2, 0) is 9.53 Å². The van der Waals surface area contributed by atoms with Crippen LogP contribution < -0.4 is 0 Å². The van der Waals surface area contributed by atoms with E-state index in [1.54, 1.807) is 0 Å². The number of thioether (sulfide) groups is 1. The smallest absolute Gasteiger partial charge is 0.313 e. The first-order chi connectivity index (χ1) is 9.82. The van der Waals surface area contributed by atoms with Crippen LogP contribution in [0.5, 0.6) is 0 Å². The number of carbonyl (C=O) groups is 1. The Kier molecular flexibility index (Phi) is 4.93. The maximum atomic E-state index is 10.8. The molecule has 0 aliphatic carbocycles. The van der Waals surface area contributed by atoms with Crippen molar-refractivity contribution in [1.29, 1.82) is 0 Å². The van der Waals surface area contributed by atoms with Gasteiger partial charge in [0.2, 0.25) is 0 Å². The summed E-state index contributed by atoms with van der Waals surface area (Å²) in [6.07, 6.45) is 0.284. The Hall–Kier alpha value is -1.08. The highest BCUT2D eigenvalue weighted by Crippen LogP contribution is 2.40. The topological polar surface area (TPSA) is 77.2 Å². The van der Waals surface area contributed by atoms with Crippen molar-refractivity contribution in [2.24, 2.45) is 5.92 Å². The van der Waals surface area contributed by atoms with Crippen LogP contribution in [0.15, 0.2) is 5.16 Å². The first-order valence-electron chi connectivity index (χ1n) is 7.27. The molecule has 1 N–H and O–H groups in total. The molecule has 0 saturated carbocycles. The van der Waals surface area contributed by atoms with Gasteiger partial charge in [0, 0.05) is 6.04 Å². The van der Waals surface area contributed by atoms with Gasteiger partial charge in [-0.05, 0) is 33.6 Å². The van der Waals surface area contributed by atoms with E-state index in [0.717, 1.165) is 5.82 Å². The highest BCUT2D eigenvalue weighted by Gasteiger charge is 2.41. The molecule has 4 atom stereocenters. The maximum Gasteiger partial charge on any atom is 0.313 e. The second-order valence-electron chi connectivity index (χ2n) is 5.92. The van der Waals surface area contributed by atoms with Crippen LogP contribution in [0.4, 0.5) is 0 Å². The lowest BCUT2D eigenvalue weighted by Crippen LogP contribution is -2.21. The number of carboxylic acids is 1. The molecule has 1 aromatic heterocycles. The van der Waals surface area contributed by atoms with Crippen LogP contribution >= 0.6 is 11.8 Å². The lowest BCUT2D eigenvalue weighted by Gasteiger charge is -2.21. The standard InChI is InChI=1S/C14H23N3O3S/c1-7(2)17-13(12-8(3)9(4)20-10(12)5)15-16-14(17)21-6-11(18)19/h7-10,12H,6H2,1-5H3,(H,18,19). The van der Waals surface area contributed by atoms with Crippen molar-refractivity contribution in [2.75, 3.05) is 5.75 Å². The van der Waals surface area contributed by atoms with Gasteiger partial charge in [0.1, 0.15) is 5.82 Å². The average molecular weight is 313 g/mol. The van der Waals surface area contributed by atoms with E-state index in [4.69, 9.17) is 9.84 Å². The summed E-state index contributed by atoms with van der Waals surface area (Å²) in [6, 6.07) is 0.182. The van der Waals surface area contributed by atoms with E-state index in [9.17, 15) is 4.79 Å². The Morgan fingerprint density at radius 1 is 1.33 bits per heavy atom. The molecular weight excluding hydrogens is 290 g/mol. The summed E-state index contributed by atoms with van der Waals surface area (Å²) in [4.78, 5) is 10.8. The summed E-state index contributed by atoms with van der Waals surface area (Å²) < 4.78 is 7.95.